The van der Waals surface area contributed by atoms with E-state index in [0.717, 1.165) is 36.1 Å². The zero-order valence-electron chi connectivity index (χ0n) is 19.3. The maximum atomic E-state index is 14.9. The Hall–Kier alpha value is -2.97. The molecule has 34 heavy (non-hydrogen) atoms. The van der Waals surface area contributed by atoms with Crippen LogP contribution in [0.1, 0.15) is 30.7 Å². The van der Waals surface area contributed by atoms with Crippen LogP contribution in [0.25, 0.3) is 22.3 Å². The molecular formula is C26H28FN3O3S. The first-order chi connectivity index (χ1) is 16.3. The van der Waals surface area contributed by atoms with Crippen molar-refractivity contribution in [1.29, 1.82) is 0 Å². The maximum Gasteiger partial charge on any atom is 0.193 e. The van der Waals surface area contributed by atoms with Crippen LogP contribution in [-0.4, -0.2) is 46.0 Å². The van der Waals surface area contributed by atoms with Crippen molar-refractivity contribution in [3.8, 4) is 17.1 Å². The molecule has 3 heterocycles. The number of halogens is 1. The summed E-state index contributed by atoms with van der Waals surface area (Å²) in [4.78, 5) is 7.70. The van der Waals surface area contributed by atoms with E-state index in [2.05, 4.69) is 20.4 Å². The van der Waals surface area contributed by atoms with Gasteiger partial charge in [0.25, 0.3) is 0 Å². The summed E-state index contributed by atoms with van der Waals surface area (Å²) in [5.41, 5.74) is 4.20. The van der Waals surface area contributed by atoms with Crippen LogP contribution >= 0.6 is 0 Å². The molecule has 1 aliphatic heterocycles. The first-order valence-electron chi connectivity index (χ1n) is 11.4. The van der Waals surface area contributed by atoms with Gasteiger partial charge in [-0.3, -0.25) is 0 Å². The number of nitrogens with zero attached hydrogens (tertiary/aromatic N) is 2. The Bertz CT molecular complexity index is 1370. The zero-order valence-corrected chi connectivity index (χ0v) is 20.1. The molecule has 0 amide bonds. The molecular weight excluding hydrogens is 453 g/mol. The first-order valence-corrected chi connectivity index (χ1v) is 13.8. The number of aromatic nitrogens is 2. The molecule has 1 aliphatic carbocycles. The maximum absolute atomic E-state index is 14.9. The highest BCUT2D eigenvalue weighted by atomic mass is 32.2. The minimum Gasteiger partial charge on any atom is -0.475 e. The molecule has 1 atom stereocenters. The second-order valence-corrected chi connectivity index (χ2v) is 11.6. The monoisotopic (exact) mass is 481 g/mol. The molecule has 178 valence electrons. The molecule has 6 nitrogen and oxygen atoms in total. The molecule has 0 bridgehead atoms. The van der Waals surface area contributed by atoms with E-state index in [4.69, 9.17) is 9.47 Å². The smallest absolute Gasteiger partial charge is 0.193 e. The first kappa shape index (κ1) is 22.8. The number of benzene rings is 1. The number of hydrogen-bond acceptors (Lipinski definition) is 5. The third kappa shape index (κ3) is 5.23. The predicted octanol–water partition coefficient (Wildman–Crippen LogP) is 5.58. The highest BCUT2D eigenvalue weighted by Gasteiger charge is 2.18. The third-order valence-electron chi connectivity index (χ3n) is 6.01. The lowest BCUT2D eigenvalue weighted by Gasteiger charge is -2.22. The van der Waals surface area contributed by atoms with E-state index in [-0.39, 0.29) is 17.8 Å². The lowest BCUT2D eigenvalue weighted by molar-refractivity contribution is 0.0240. The average Bonchev–Trinajstić information content (AvgIpc) is 3.20. The molecule has 0 radical (unpaired) electrons. The molecule has 1 unspecified atom stereocenters. The van der Waals surface area contributed by atoms with E-state index in [9.17, 15) is 8.60 Å². The van der Waals surface area contributed by atoms with Gasteiger partial charge < -0.3 is 14.5 Å². The van der Waals surface area contributed by atoms with Gasteiger partial charge >= 0.3 is 0 Å². The van der Waals surface area contributed by atoms with Crippen molar-refractivity contribution in [3.05, 3.63) is 71.7 Å². The van der Waals surface area contributed by atoms with E-state index >= 15 is 0 Å². The van der Waals surface area contributed by atoms with Crippen LogP contribution in [0.2, 0.25) is 0 Å². The summed E-state index contributed by atoms with van der Waals surface area (Å²) in [5.74, 6) is 0.424. The quantitative estimate of drug-likeness (QED) is 0.516. The zero-order chi connectivity index (χ0) is 23.7. The van der Waals surface area contributed by atoms with Crippen LogP contribution in [-0.2, 0) is 14.5 Å². The van der Waals surface area contributed by atoms with Gasteiger partial charge in [-0.1, -0.05) is 36.4 Å². The van der Waals surface area contributed by atoms with E-state index in [0.29, 0.717) is 35.8 Å². The standard InChI is InChI=1S/C26H28FN3O3S/c1-34(2,31)30-20-9-7-18(8-10-20)17-3-5-19(6-4-17)26-22(27)15-23-24(29-26)16-25(28-23)33-21-11-13-32-14-12-21/h3-7,9-10,15-16,18,21,28H,8,11-14H2,1-2H3. The Labute approximate surface area is 199 Å². The molecule has 1 N–H and O–H groups in total. The van der Waals surface area contributed by atoms with E-state index in [1.807, 2.05) is 42.5 Å². The largest absolute Gasteiger partial charge is 0.475 e. The van der Waals surface area contributed by atoms with Gasteiger partial charge in [-0.15, -0.1) is 0 Å². The predicted molar refractivity (Wildman–Crippen MR) is 133 cm³/mol. The number of fused-ring (bicyclic) bond motifs is 1. The van der Waals surface area contributed by atoms with Gasteiger partial charge in [0, 0.05) is 58.7 Å². The number of pyridine rings is 1. The number of ether oxygens (including phenoxy) is 2. The molecule has 0 spiro atoms. The van der Waals surface area contributed by atoms with Crippen molar-refractivity contribution >= 4 is 20.8 Å². The van der Waals surface area contributed by atoms with Crippen molar-refractivity contribution < 1.29 is 18.1 Å². The molecule has 0 saturated carbocycles. The lowest BCUT2D eigenvalue weighted by atomic mass is 9.91. The van der Waals surface area contributed by atoms with Crippen LogP contribution in [0, 0.1) is 5.82 Å². The third-order valence-corrected chi connectivity index (χ3v) is 6.66. The van der Waals surface area contributed by atoms with Crippen molar-refractivity contribution in [1.82, 2.24) is 9.97 Å². The minimum atomic E-state index is -2.17. The van der Waals surface area contributed by atoms with Crippen LogP contribution < -0.4 is 4.74 Å². The summed E-state index contributed by atoms with van der Waals surface area (Å²) in [6.45, 7) is 1.39. The lowest BCUT2D eigenvalue weighted by Crippen LogP contribution is -2.25. The Morgan fingerprint density at radius 2 is 1.94 bits per heavy atom. The molecule has 1 aromatic carbocycles. The topological polar surface area (TPSA) is 76.6 Å². The van der Waals surface area contributed by atoms with Gasteiger partial charge in [-0.25, -0.2) is 17.9 Å². The van der Waals surface area contributed by atoms with Gasteiger partial charge in [0.15, 0.2) is 11.7 Å². The van der Waals surface area contributed by atoms with Crippen molar-refractivity contribution in [3.63, 3.8) is 0 Å². The Morgan fingerprint density at radius 3 is 2.62 bits per heavy atom. The highest BCUT2D eigenvalue weighted by Crippen LogP contribution is 2.31. The molecule has 5 rings (SSSR count). The summed E-state index contributed by atoms with van der Waals surface area (Å²) in [6.07, 6.45) is 11.8. The van der Waals surface area contributed by atoms with Crippen molar-refractivity contribution in [2.24, 2.45) is 4.36 Å². The Balaban J connectivity index is 1.33. The van der Waals surface area contributed by atoms with Gasteiger partial charge in [0.2, 0.25) is 0 Å². The van der Waals surface area contributed by atoms with Gasteiger partial charge in [-0.05, 0) is 18.1 Å². The van der Waals surface area contributed by atoms with Crippen LogP contribution in [0.3, 0.4) is 0 Å². The summed E-state index contributed by atoms with van der Waals surface area (Å²) >= 11 is 0. The summed E-state index contributed by atoms with van der Waals surface area (Å²) < 4.78 is 42.4. The number of allylic oxidation sites excluding steroid dienone is 3. The number of nitrogens with one attached hydrogen (secondary N) is 1. The Kier molecular flexibility index (Phi) is 6.27. The van der Waals surface area contributed by atoms with E-state index in [1.165, 1.54) is 6.07 Å². The fourth-order valence-electron chi connectivity index (χ4n) is 4.31. The Morgan fingerprint density at radius 1 is 1.18 bits per heavy atom. The second kappa shape index (κ2) is 9.35. The second-order valence-electron chi connectivity index (χ2n) is 9.04. The summed E-state index contributed by atoms with van der Waals surface area (Å²) in [5, 5.41) is 0. The van der Waals surface area contributed by atoms with Crippen molar-refractivity contribution in [2.45, 2.75) is 31.3 Å². The van der Waals surface area contributed by atoms with E-state index in [1.54, 1.807) is 12.5 Å². The minimum absolute atomic E-state index is 0.0974. The van der Waals surface area contributed by atoms with Crippen LogP contribution in [0.15, 0.2) is 64.7 Å². The van der Waals surface area contributed by atoms with Gasteiger partial charge in [-0.2, -0.15) is 0 Å². The number of aromatic amines is 1. The average molecular weight is 482 g/mol. The van der Waals surface area contributed by atoms with Gasteiger partial charge in [0.1, 0.15) is 11.8 Å². The molecule has 2 aliphatic rings. The molecule has 8 heteroatoms. The molecule has 1 saturated heterocycles. The summed E-state index contributed by atoms with van der Waals surface area (Å²) in [6, 6.07) is 11.1. The molecule has 2 aromatic heterocycles. The number of rotatable bonds is 5. The van der Waals surface area contributed by atoms with Gasteiger partial charge in [0.05, 0.1) is 29.9 Å². The van der Waals surface area contributed by atoms with E-state index < -0.39 is 9.73 Å². The number of hydrogen-bond donors (Lipinski definition) is 1. The van der Waals surface area contributed by atoms with Crippen molar-refractivity contribution in [2.75, 3.05) is 25.7 Å². The summed E-state index contributed by atoms with van der Waals surface area (Å²) in [7, 11) is -2.17. The van der Waals surface area contributed by atoms with Crippen LogP contribution in [0.4, 0.5) is 4.39 Å². The fourth-order valence-corrected chi connectivity index (χ4v) is 4.95. The fraction of sp³-hybridized carbons (Fsp3) is 0.346. The van der Waals surface area contributed by atoms with Crippen LogP contribution in [0.5, 0.6) is 5.88 Å². The highest BCUT2D eigenvalue weighted by molar-refractivity contribution is 7.92. The molecule has 1 fully saturated rings. The SMILES string of the molecule is CS(C)(=O)=NC1=CCC(c2ccc(-c3nc4cc(OC5CCOCC5)[nH]c4cc3F)cc2)C=C1. The molecule has 3 aromatic rings. The number of H-pyrrole nitrogens is 1. The normalized spacial score (nSPS) is 19.3.